The van der Waals surface area contributed by atoms with E-state index in [1.165, 1.54) is 10.4 Å². The van der Waals surface area contributed by atoms with E-state index in [2.05, 4.69) is 18.4 Å². The van der Waals surface area contributed by atoms with Gasteiger partial charge in [0, 0.05) is 4.88 Å². The third-order valence-corrected chi connectivity index (χ3v) is 2.68. The van der Waals surface area contributed by atoms with E-state index in [1.54, 1.807) is 18.3 Å². The first-order valence-electron chi connectivity index (χ1n) is 4.01. The number of aliphatic hydroxyl groups is 1. The summed E-state index contributed by atoms with van der Waals surface area (Å²) in [7, 11) is 0. The van der Waals surface area contributed by atoms with Crippen LogP contribution in [0.5, 0.6) is 0 Å². The Morgan fingerprint density at radius 3 is 2.75 bits per heavy atom. The molecular formula is C10H14OS. The average molecular weight is 182 g/mol. The van der Waals surface area contributed by atoms with Gasteiger partial charge in [-0.25, -0.2) is 0 Å². The van der Waals surface area contributed by atoms with Crippen molar-refractivity contribution in [2.75, 3.05) is 0 Å². The maximum atomic E-state index is 9.22. The predicted octanol–water partition coefficient (Wildman–Crippen LogP) is 2.84. The summed E-state index contributed by atoms with van der Waals surface area (Å²) in [5.74, 6) is 0. The first kappa shape index (κ1) is 9.49. The lowest BCUT2D eigenvalue weighted by Crippen LogP contribution is -1.99. The number of rotatable bonds is 2. The zero-order valence-corrected chi connectivity index (χ0v) is 8.48. The lowest BCUT2D eigenvalue weighted by molar-refractivity contribution is 0.232. The molecule has 12 heavy (non-hydrogen) atoms. The lowest BCUT2D eigenvalue weighted by atomic mass is 10.1. The highest BCUT2D eigenvalue weighted by Crippen LogP contribution is 2.16. The fourth-order valence-corrected chi connectivity index (χ4v) is 1.59. The molecule has 0 fully saturated rings. The van der Waals surface area contributed by atoms with Crippen LogP contribution in [-0.2, 0) is 0 Å². The molecule has 1 unspecified atom stereocenters. The molecule has 66 valence electrons. The SMILES string of the molecule is C/C(=C\c1csc(C)c1)C(C)O. The minimum absolute atomic E-state index is 0.342. The molecule has 0 bridgehead atoms. The molecule has 1 aromatic heterocycles. The van der Waals surface area contributed by atoms with Crippen molar-refractivity contribution in [1.82, 2.24) is 0 Å². The van der Waals surface area contributed by atoms with Gasteiger partial charge in [0.2, 0.25) is 0 Å². The molecule has 0 aliphatic rings. The summed E-state index contributed by atoms with van der Waals surface area (Å²) in [6.07, 6.45) is 1.68. The van der Waals surface area contributed by atoms with Gasteiger partial charge in [0.05, 0.1) is 6.10 Å². The molecular weight excluding hydrogens is 168 g/mol. The second-order valence-electron chi connectivity index (χ2n) is 3.06. The van der Waals surface area contributed by atoms with Crippen LogP contribution in [0.3, 0.4) is 0 Å². The fraction of sp³-hybridized carbons (Fsp3) is 0.400. The molecule has 0 aliphatic carbocycles. The normalized spacial score (nSPS) is 14.8. The van der Waals surface area contributed by atoms with E-state index in [0.717, 1.165) is 5.57 Å². The highest BCUT2D eigenvalue weighted by atomic mass is 32.1. The molecule has 0 saturated heterocycles. The summed E-state index contributed by atoms with van der Waals surface area (Å²) in [6.45, 7) is 5.81. The Balaban J connectivity index is 2.80. The van der Waals surface area contributed by atoms with Crippen LogP contribution in [0.2, 0.25) is 0 Å². The Morgan fingerprint density at radius 2 is 2.33 bits per heavy atom. The van der Waals surface area contributed by atoms with Crippen LogP contribution >= 0.6 is 11.3 Å². The lowest BCUT2D eigenvalue weighted by Gasteiger charge is -2.02. The second-order valence-corrected chi connectivity index (χ2v) is 4.17. The van der Waals surface area contributed by atoms with Crippen LogP contribution in [0, 0.1) is 6.92 Å². The van der Waals surface area contributed by atoms with Crippen molar-refractivity contribution in [3.8, 4) is 0 Å². The standard InChI is InChI=1S/C10H14OS/c1-7(9(3)11)4-10-5-8(2)12-6-10/h4-6,9,11H,1-3H3/b7-4+. The Morgan fingerprint density at radius 1 is 1.67 bits per heavy atom. The zero-order valence-electron chi connectivity index (χ0n) is 7.66. The van der Waals surface area contributed by atoms with Crippen molar-refractivity contribution in [2.24, 2.45) is 0 Å². The summed E-state index contributed by atoms with van der Waals surface area (Å²) in [4.78, 5) is 1.31. The largest absolute Gasteiger partial charge is 0.389 e. The van der Waals surface area contributed by atoms with Crippen LogP contribution < -0.4 is 0 Å². The zero-order chi connectivity index (χ0) is 9.14. The number of aliphatic hydroxyl groups excluding tert-OH is 1. The van der Waals surface area contributed by atoms with Crippen molar-refractivity contribution >= 4 is 17.4 Å². The molecule has 2 heteroatoms. The Kier molecular flexibility index (Phi) is 3.06. The van der Waals surface area contributed by atoms with Gasteiger partial charge in [0.15, 0.2) is 0 Å². The minimum Gasteiger partial charge on any atom is -0.389 e. The van der Waals surface area contributed by atoms with Crippen LogP contribution in [0.1, 0.15) is 24.3 Å². The van der Waals surface area contributed by atoms with Crippen molar-refractivity contribution in [3.63, 3.8) is 0 Å². The Labute approximate surface area is 77.4 Å². The first-order chi connectivity index (χ1) is 5.59. The van der Waals surface area contributed by atoms with Crippen molar-refractivity contribution in [2.45, 2.75) is 26.9 Å². The maximum Gasteiger partial charge on any atom is 0.0722 e. The molecule has 1 atom stereocenters. The van der Waals surface area contributed by atoms with Crippen LogP contribution in [0.4, 0.5) is 0 Å². The molecule has 1 heterocycles. The molecule has 0 saturated carbocycles. The number of hydrogen-bond acceptors (Lipinski definition) is 2. The van der Waals surface area contributed by atoms with Crippen LogP contribution in [-0.4, -0.2) is 11.2 Å². The van der Waals surface area contributed by atoms with Gasteiger partial charge < -0.3 is 5.11 Å². The summed E-state index contributed by atoms with van der Waals surface area (Å²) in [5.41, 5.74) is 2.20. The topological polar surface area (TPSA) is 20.2 Å². The monoisotopic (exact) mass is 182 g/mol. The van der Waals surface area contributed by atoms with Gasteiger partial charge in [-0.05, 0) is 43.4 Å². The van der Waals surface area contributed by atoms with Gasteiger partial charge in [-0.15, -0.1) is 11.3 Å². The molecule has 1 nitrogen and oxygen atoms in total. The molecule has 1 N–H and O–H groups in total. The fourth-order valence-electron chi connectivity index (χ4n) is 0.923. The average Bonchev–Trinajstić information content (AvgIpc) is 2.35. The van der Waals surface area contributed by atoms with Crippen molar-refractivity contribution < 1.29 is 5.11 Å². The molecule has 0 aliphatic heterocycles. The summed E-state index contributed by atoms with van der Waals surface area (Å²) in [6, 6.07) is 2.12. The van der Waals surface area contributed by atoms with Gasteiger partial charge in [0.1, 0.15) is 0 Å². The smallest absolute Gasteiger partial charge is 0.0722 e. The number of hydrogen-bond donors (Lipinski definition) is 1. The highest BCUT2D eigenvalue weighted by molar-refractivity contribution is 7.10. The van der Waals surface area contributed by atoms with Crippen molar-refractivity contribution in [1.29, 1.82) is 0 Å². The summed E-state index contributed by atoms with van der Waals surface area (Å²) in [5, 5.41) is 11.3. The predicted molar refractivity (Wildman–Crippen MR) is 54.4 cm³/mol. The van der Waals surface area contributed by atoms with Gasteiger partial charge in [-0.3, -0.25) is 0 Å². The quantitative estimate of drug-likeness (QED) is 0.745. The highest BCUT2D eigenvalue weighted by Gasteiger charge is 1.98. The van der Waals surface area contributed by atoms with E-state index < -0.39 is 0 Å². The van der Waals surface area contributed by atoms with E-state index in [-0.39, 0.29) is 6.10 Å². The van der Waals surface area contributed by atoms with E-state index in [0.29, 0.717) is 0 Å². The molecule has 0 radical (unpaired) electrons. The summed E-state index contributed by atoms with van der Waals surface area (Å²) < 4.78 is 0. The van der Waals surface area contributed by atoms with Crippen LogP contribution in [0.15, 0.2) is 17.0 Å². The van der Waals surface area contributed by atoms with Gasteiger partial charge >= 0.3 is 0 Å². The van der Waals surface area contributed by atoms with E-state index in [4.69, 9.17) is 0 Å². The van der Waals surface area contributed by atoms with Crippen molar-refractivity contribution in [3.05, 3.63) is 27.5 Å². The van der Waals surface area contributed by atoms with Gasteiger partial charge in [-0.2, -0.15) is 0 Å². The number of aryl methyl sites for hydroxylation is 1. The summed E-state index contributed by atoms with van der Waals surface area (Å²) >= 11 is 1.73. The first-order valence-corrected chi connectivity index (χ1v) is 4.89. The second kappa shape index (κ2) is 3.87. The minimum atomic E-state index is -0.342. The van der Waals surface area contributed by atoms with E-state index >= 15 is 0 Å². The molecule has 0 aromatic carbocycles. The number of thiophene rings is 1. The molecule has 0 amide bonds. The maximum absolute atomic E-state index is 9.22. The third-order valence-electron chi connectivity index (χ3n) is 1.80. The molecule has 1 rings (SSSR count). The van der Waals surface area contributed by atoms with E-state index in [1.807, 2.05) is 13.0 Å². The van der Waals surface area contributed by atoms with Gasteiger partial charge in [-0.1, -0.05) is 6.08 Å². The Hall–Kier alpha value is -0.600. The van der Waals surface area contributed by atoms with Crippen LogP contribution in [0.25, 0.3) is 6.08 Å². The molecule has 1 aromatic rings. The van der Waals surface area contributed by atoms with Gasteiger partial charge in [0.25, 0.3) is 0 Å². The third kappa shape index (κ3) is 2.47. The van der Waals surface area contributed by atoms with E-state index in [9.17, 15) is 5.11 Å². The Bertz CT molecular complexity index is 284. The molecule has 0 spiro atoms.